The van der Waals surface area contributed by atoms with Crippen LogP contribution in [0, 0.1) is 17.0 Å². The number of likely N-dealkylation sites (tertiary alicyclic amines) is 1. The maximum Gasteiger partial charge on any atom is 0.288 e. The molecular weight excluding hydrogens is 274 g/mol. The number of hydrogen-bond acceptors (Lipinski definition) is 4. The van der Waals surface area contributed by atoms with Gasteiger partial charge in [0.05, 0.1) is 10.6 Å². The summed E-state index contributed by atoms with van der Waals surface area (Å²) in [5.41, 5.74) is -0.310. The Bertz CT molecular complexity index is 601. The Hall–Kier alpha value is -2.18. The van der Waals surface area contributed by atoms with Crippen LogP contribution in [0.25, 0.3) is 0 Å². The number of rotatable bonds is 3. The first-order chi connectivity index (χ1) is 10.0. The molecule has 114 valence electrons. The molecule has 21 heavy (non-hydrogen) atoms. The summed E-state index contributed by atoms with van der Waals surface area (Å²) in [6, 6.07) is 2.32. The number of pyridine rings is 1. The lowest BCUT2D eigenvalue weighted by Gasteiger charge is -2.21. The van der Waals surface area contributed by atoms with Crippen molar-refractivity contribution in [3.63, 3.8) is 0 Å². The lowest BCUT2D eigenvalue weighted by Crippen LogP contribution is -2.37. The third-order valence-electron chi connectivity index (χ3n) is 3.87. The minimum atomic E-state index is -0.540. The fourth-order valence-corrected chi connectivity index (χ4v) is 2.61. The van der Waals surface area contributed by atoms with Crippen LogP contribution in [0.3, 0.4) is 0 Å². The van der Waals surface area contributed by atoms with E-state index in [1.54, 1.807) is 4.90 Å². The smallest absolute Gasteiger partial charge is 0.288 e. The van der Waals surface area contributed by atoms with Crippen molar-refractivity contribution in [2.75, 3.05) is 13.1 Å². The largest absolute Gasteiger partial charge is 0.341 e. The van der Waals surface area contributed by atoms with Gasteiger partial charge in [-0.25, -0.2) is 0 Å². The molecule has 0 atom stereocenters. The average molecular weight is 293 g/mol. The second-order valence-corrected chi connectivity index (χ2v) is 5.28. The highest BCUT2D eigenvalue weighted by Gasteiger charge is 2.20. The van der Waals surface area contributed by atoms with Crippen LogP contribution in [0.1, 0.15) is 31.4 Å². The number of amides is 1. The Kier molecular flexibility index (Phi) is 4.72. The van der Waals surface area contributed by atoms with Crippen molar-refractivity contribution >= 4 is 11.6 Å². The summed E-state index contributed by atoms with van der Waals surface area (Å²) in [4.78, 5) is 36.3. The minimum absolute atomic E-state index is 0.133. The van der Waals surface area contributed by atoms with Gasteiger partial charge in [-0.3, -0.25) is 24.3 Å². The zero-order valence-corrected chi connectivity index (χ0v) is 12.1. The van der Waals surface area contributed by atoms with E-state index in [9.17, 15) is 19.7 Å². The Labute approximate surface area is 122 Å². The van der Waals surface area contributed by atoms with E-state index in [1.165, 1.54) is 17.6 Å². The topological polar surface area (TPSA) is 85.5 Å². The van der Waals surface area contributed by atoms with Crippen molar-refractivity contribution < 1.29 is 9.72 Å². The van der Waals surface area contributed by atoms with Gasteiger partial charge < -0.3 is 4.90 Å². The third kappa shape index (κ3) is 3.48. The zero-order chi connectivity index (χ0) is 15.4. The van der Waals surface area contributed by atoms with Gasteiger partial charge in [0.1, 0.15) is 6.54 Å². The predicted molar refractivity (Wildman–Crippen MR) is 77.1 cm³/mol. The van der Waals surface area contributed by atoms with Gasteiger partial charge in [-0.2, -0.15) is 0 Å². The molecule has 0 aromatic carbocycles. The van der Waals surface area contributed by atoms with Gasteiger partial charge in [-0.05, 0) is 19.8 Å². The van der Waals surface area contributed by atoms with Gasteiger partial charge in [0.2, 0.25) is 5.91 Å². The molecule has 1 aromatic heterocycles. The highest BCUT2D eigenvalue weighted by atomic mass is 16.6. The van der Waals surface area contributed by atoms with E-state index in [-0.39, 0.29) is 29.4 Å². The molecule has 1 aliphatic heterocycles. The summed E-state index contributed by atoms with van der Waals surface area (Å²) < 4.78 is 1.19. The van der Waals surface area contributed by atoms with E-state index < -0.39 is 4.92 Å². The molecule has 2 rings (SSSR count). The van der Waals surface area contributed by atoms with E-state index in [1.807, 2.05) is 0 Å². The lowest BCUT2D eigenvalue weighted by atomic mass is 10.2. The van der Waals surface area contributed by atoms with Gasteiger partial charge in [0.15, 0.2) is 0 Å². The van der Waals surface area contributed by atoms with Gasteiger partial charge in [-0.1, -0.05) is 12.8 Å². The number of aromatic nitrogens is 1. The van der Waals surface area contributed by atoms with Crippen molar-refractivity contribution in [3.8, 4) is 0 Å². The molecule has 0 radical (unpaired) electrons. The SMILES string of the molecule is Cc1c([N+](=O)[O-])ccc(=O)n1CC(=O)N1CCCCCC1. The summed E-state index contributed by atoms with van der Waals surface area (Å²) in [7, 11) is 0. The van der Waals surface area contributed by atoms with Crippen LogP contribution in [0.15, 0.2) is 16.9 Å². The second kappa shape index (κ2) is 6.51. The molecular formula is C14H19N3O4. The monoisotopic (exact) mass is 293 g/mol. The molecule has 7 nitrogen and oxygen atoms in total. The Morgan fingerprint density at radius 2 is 1.86 bits per heavy atom. The molecule has 0 spiro atoms. The molecule has 2 heterocycles. The van der Waals surface area contributed by atoms with E-state index in [4.69, 9.17) is 0 Å². The van der Waals surface area contributed by atoms with Crippen molar-refractivity contribution in [3.05, 3.63) is 38.3 Å². The van der Waals surface area contributed by atoms with Crippen LogP contribution in [0.4, 0.5) is 5.69 Å². The number of carbonyl (C=O) groups is 1. The second-order valence-electron chi connectivity index (χ2n) is 5.28. The minimum Gasteiger partial charge on any atom is -0.341 e. The van der Waals surface area contributed by atoms with E-state index in [0.29, 0.717) is 13.1 Å². The van der Waals surface area contributed by atoms with Crippen LogP contribution >= 0.6 is 0 Å². The molecule has 1 saturated heterocycles. The summed E-state index contributed by atoms with van der Waals surface area (Å²) >= 11 is 0. The summed E-state index contributed by atoms with van der Waals surface area (Å²) in [5, 5.41) is 10.9. The molecule has 0 N–H and O–H groups in total. The van der Waals surface area contributed by atoms with Crippen LogP contribution in [-0.2, 0) is 11.3 Å². The van der Waals surface area contributed by atoms with Crippen molar-refractivity contribution in [1.29, 1.82) is 0 Å². The summed E-state index contributed by atoms with van der Waals surface area (Å²) in [6.07, 6.45) is 4.16. The maximum absolute atomic E-state index is 12.3. The predicted octanol–water partition coefficient (Wildman–Crippen LogP) is 1.47. The molecule has 7 heteroatoms. The Morgan fingerprint density at radius 3 is 2.43 bits per heavy atom. The Balaban J connectivity index is 2.22. The molecule has 1 fully saturated rings. The highest BCUT2D eigenvalue weighted by molar-refractivity contribution is 5.76. The molecule has 0 aliphatic carbocycles. The molecule has 0 saturated carbocycles. The third-order valence-corrected chi connectivity index (χ3v) is 3.87. The van der Waals surface area contributed by atoms with Gasteiger partial charge in [0, 0.05) is 25.2 Å². The van der Waals surface area contributed by atoms with E-state index in [0.717, 1.165) is 31.7 Å². The molecule has 1 amide bonds. The first-order valence-electron chi connectivity index (χ1n) is 7.13. The highest BCUT2D eigenvalue weighted by Crippen LogP contribution is 2.15. The van der Waals surface area contributed by atoms with Crippen LogP contribution in [0.5, 0.6) is 0 Å². The standard InChI is InChI=1S/C14H19N3O4/c1-11-12(17(20)21)6-7-13(18)16(11)10-14(19)15-8-4-2-3-5-9-15/h6-7H,2-5,8-10H2,1H3. The van der Waals surface area contributed by atoms with Crippen molar-refractivity contribution in [2.24, 2.45) is 0 Å². The molecule has 0 bridgehead atoms. The fourth-order valence-electron chi connectivity index (χ4n) is 2.61. The van der Waals surface area contributed by atoms with E-state index >= 15 is 0 Å². The van der Waals surface area contributed by atoms with Crippen molar-refractivity contribution in [1.82, 2.24) is 9.47 Å². The summed E-state index contributed by atoms with van der Waals surface area (Å²) in [6.45, 7) is 2.75. The van der Waals surface area contributed by atoms with Gasteiger partial charge in [0.25, 0.3) is 11.2 Å². The first kappa shape index (κ1) is 15.2. The van der Waals surface area contributed by atoms with Crippen LogP contribution in [0.2, 0.25) is 0 Å². The van der Waals surface area contributed by atoms with E-state index in [2.05, 4.69) is 0 Å². The van der Waals surface area contributed by atoms with Gasteiger partial charge in [-0.15, -0.1) is 0 Å². The van der Waals surface area contributed by atoms with Gasteiger partial charge >= 0.3 is 0 Å². The Morgan fingerprint density at radius 1 is 1.24 bits per heavy atom. The van der Waals surface area contributed by atoms with Crippen molar-refractivity contribution in [2.45, 2.75) is 39.2 Å². The average Bonchev–Trinajstić information content (AvgIpc) is 2.71. The number of nitro groups is 1. The first-order valence-corrected chi connectivity index (χ1v) is 7.13. The summed E-state index contributed by atoms with van der Waals surface area (Å²) in [5.74, 6) is -0.150. The molecule has 1 aromatic rings. The van der Waals surface area contributed by atoms with Crippen LogP contribution in [-0.4, -0.2) is 33.4 Å². The maximum atomic E-state index is 12.3. The molecule has 1 aliphatic rings. The number of carbonyl (C=O) groups excluding carboxylic acids is 1. The zero-order valence-electron chi connectivity index (χ0n) is 12.1. The molecule has 0 unspecified atom stereocenters. The number of nitrogens with zero attached hydrogens (tertiary/aromatic N) is 3. The fraction of sp³-hybridized carbons (Fsp3) is 0.571. The lowest BCUT2D eigenvalue weighted by molar-refractivity contribution is -0.386. The normalized spacial score (nSPS) is 15.6. The van der Waals surface area contributed by atoms with Crippen LogP contribution < -0.4 is 5.56 Å². The quantitative estimate of drug-likeness (QED) is 0.624. The number of hydrogen-bond donors (Lipinski definition) is 0.